The fourth-order valence-corrected chi connectivity index (χ4v) is 2.50. The van der Waals surface area contributed by atoms with Gasteiger partial charge in [-0.15, -0.1) is 4.37 Å². The summed E-state index contributed by atoms with van der Waals surface area (Å²) in [7, 11) is 0. The third-order valence-corrected chi connectivity index (χ3v) is 3.73. The van der Waals surface area contributed by atoms with Gasteiger partial charge in [-0.25, -0.2) is 0 Å². The molecule has 2 aromatic heterocycles. The van der Waals surface area contributed by atoms with Gasteiger partial charge in [0, 0.05) is 18.5 Å². The maximum atomic E-state index is 5.70. The molecule has 0 saturated carbocycles. The summed E-state index contributed by atoms with van der Waals surface area (Å²) in [5.74, 6) is 2.35. The lowest BCUT2D eigenvalue weighted by Gasteiger charge is -2.26. The zero-order valence-corrected chi connectivity index (χ0v) is 13.7. The van der Waals surface area contributed by atoms with Gasteiger partial charge in [-0.05, 0) is 0 Å². The number of ether oxygens (including phenoxy) is 2. The molecular weight excluding hydrogens is 306 g/mol. The van der Waals surface area contributed by atoms with E-state index in [1.54, 1.807) is 0 Å². The fourth-order valence-electron chi connectivity index (χ4n) is 1.98. The van der Waals surface area contributed by atoms with E-state index in [0.29, 0.717) is 30.8 Å². The standard InChI is InChI=1S/C13H19N5O3S/c1-13(2,3)12-14-9(21-15-12)8-20-11-10(16-22-17-11)18-4-6-19-7-5-18/h4-8H2,1-3H3. The van der Waals surface area contributed by atoms with Crippen molar-refractivity contribution in [1.82, 2.24) is 18.9 Å². The SMILES string of the molecule is CC(C)(C)c1noc(COc2nsnc2N2CCOCC2)n1. The second-order valence-corrected chi connectivity index (χ2v) is 6.57. The average molecular weight is 325 g/mol. The molecule has 0 amide bonds. The Morgan fingerprint density at radius 1 is 1.23 bits per heavy atom. The first kappa shape index (κ1) is 15.2. The predicted octanol–water partition coefficient (Wildman–Crippen LogP) is 1.63. The zero-order valence-electron chi connectivity index (χ0n) is 12.9. The van der Waals surface area contributed by atoms with Crippen LogP contribution in [0.5, 0.6) is 5.88 Å². The first-order chi connectivity index (χ1) is 10.5. The van der Waals surface area contributed by atoms with Gasteiger partial charge in [-0.3, -0.25) is 0 Å². The molecule has 1 aliphatic heterocycles. The van der Waals surface area contributed by atoms with Crippen LogP contribution in [0.15, 0.2) is 4.52 Å². The minimum atomic E-state index is -0.150. The molecule has 1 fully saturated rings. The summed E-state index contributed by atoms with van der Waals surface area (Å²) < 4.78 is 24.8. The fraction of sp³-hybridized carbons (Fsp3) is 0.692. The molecule has 0 unspecified atom stereocenters. The van der Waals surface area contributed by atoms with E-state index in [4.69, 9.17) is 14.0 Å². The number of hydrogen-bond donors (Lipinski definition) is 0. The van der Waals surface area contributed by atoms with Crippen LogP contribution in [0, 0.1) is 0 Å². The predicted molar refractivity (Wildman–Crippen MR) is 80.3 cm³/mol. The Hall–Kier alpha value is -1.74. The van der Waals surface area contributed by atoms with Crippen molar-refractivity contribution in [2.24, 2.45) is 0 Å². The first-order valence-corrected chi connectivity index (χ1v) is 7.88. The Kier molecular flexibility index (Phi) is 4.25. The number of nitrogens with zero attached hydrogens (tertiary/aromatic N) is 5. The van der Waals surface area contributed by atoms with Gasteiger partial charge in [0.1, 0.15) is 0 Å². The maximum Gasteiger partial charge on any atom is 0.271 e. The van der Waals surface area contributed by atoms with Crippen LogP contribution in [0.3, 0.4) is 0 Å². The first-order valence-electron chi connectivity index (χ1n) is 7.15. The zero-order chi connectivity index (χ0) is 15.6. The van der Waals surface area contributed by atoms with Crippen LogP contribution in [0.1, 0.15) is 32.5 Å². The molecular formula is C13H19N5O3S. The van der Waals surface area contributed by atoms with Gasteiger partial charge in [0.15, 0.2) is 12.4 Å². The summed E-state index contributed by atoms with van der Waals surface area (Å²) in [6.45, 7) is 9.24. The summed E-state index contributed by atoms with van der Waals surface area (Å²) in [6, 6.07) is 0. The topological polar surface area (TPSA) is 86.4 Å². The van der Waals surface area contributed by atoms with E-state index >= 15 is 0 Å². The molecule has 9 heteroatoms. The van der Waals surface area contributed by atoms with Gasteiger partial charge in [-0.1, -0.05) is 25.9 Å². The van der Waals surface area contributed by atoms with Gasteiger partial charge in [-0.2, -0.15) is 9.36 Å². The van der Waals surface area contributed by atoms with Crippen LogP contribution in [0.4, 0.5) is 5.82 Å². The lowest BCUT2D eigenvalue weighted by Crippen LogP contribution is -2.36. The molecule has 3 heterocycles. The largest absolute Gasteiger partial charge is 0.464 e. The van der Waals surface area contributed by atoms with Crippen molar-refractivity contribution in [2.45, 2.75) is 32.8 Å². The molecule has 0 radical (unpaired) electrons. The van der Waals surface area contributed by atoms with E-state index in [1.165, 1.54) is 0 Å². The Morgan fingerprint density at radius 2 is 2.00 bits per heavy atom. The van der Waals surface area contributed by atoms with Crippen LogP contribution < -0.4 is 9.64 Å². The Labute approximate surface area is 132 Å². The molecule has 0 N–H and O–H groups in total. The Morgan fingerprint density at radius 3 is 2.68 bits per heavy atom. The molecule has 0 aliphatic carbocycles. The maximum absolute atomic E-state index is 5.70. The van der Waals surface area contributed by atoms with E-state index in [0.717, 1.165) is 30.6 Å². The molecule has 0 bridgehead atoms. The van der Waals surface area contributed by atoms with Crippen molar-refractivity contribution in [1.29, 1.82) is 0 Å². The highest BCUT2D eigenvalue weighted by molar-refractivity contribution is 6.99. The quantitative estimate of drug-likeness (QED) is 0.838. The summed E-state index contributed by atoms with van der Waals surface area (Å²) in [6.07, 6.45) is 0. The number of aromatic nitrogens is 4. The average Bonchev–Trinajstić information content (AvgIpc) is 3.14. The van der Waals surface area contributed by atoms with E-state index in [-0.39, 0.29) is 12.0 Å². The van der Waals surface area contributed by atoms with Crippen molar-refractivity contribution in [3.63, 3.8) is 0 Å². The smallest absolute Gasteiger partial charge is 0.271 e. The highest BCUT2D eigenvalue weighted by atomic mass is 32.1. The van der Waals surface area contributed by atoms with Gasteiger partial charge < -0.3 is 18.9 Å². The second-order valence-electron chi connectivity index (χ2n) is 6.04. The number of anilines is 1. The van der Waals surface area contributed by atoms with E-state index in [2.05, 4.69) is 23.8 Å². The van der Waals surface area contributed by atoms with Gasteiger partial charge in [0.25, 0.3) is 11.8 Å². The van der Waals surface area contributed by atoms with Crippen LogP contribution >= 0.6 is 11.7 Å². The van der Waals surface area contributed by atoms with Crippen molar-refractivity contribution in [3.8, 4) is 5.88 Å². The molecule has 1 aliphatic rings. The van der Waals surface area contributed by atoms with Crippen molar-refractivity contribution in [2.75, 3.05) is 31.2 Å². The lowest BCUT2D eigenvalue weighted by atomic mass is 9.96. The van der Waals surface area contributed by atoms with E-state index < -0.39 is 0 Å². The Balaban J connectivity index is 1.64. The lowest BCUT2D eigenvalue weighted by molar-refractivity contribution is 0.122. The monoisotopic (exact) mass is 325 g/mol. The molecule has 22 heavy (non-hydrogen) atoms. The third-order valence-electron chi connectivity index (χ3n) is 3.22. The third kappa shape index (κ3) is 3.36. The summed E-state index contributed by atoms with van der Waals surface area (Å²) in [4.78, 5) is 6.45. The molecule has 3 rings (SSSR count). The van der Waals surface area contributed by atoms with Crippen molar-refractivity contribution < 1.29 is 14.0 Å². The molecule has 120 valence electrons. The van der Waals surface area contributed by atoms with Crippen LogP contribution in [-0.2, 0) is 16.8 Å². The minimum Gasteiger partial charge on any atom is -0.464 e. The number of morpholine rings is 1. The normalized spacial score (nSPS) is 16.0. The van der Waals surface area contributed by atoms with Gasteiger partial charge in [0.2, 0.25) is 5.82 Å². The number of rotatable bonds is 4. The molecule has 1 saturated heterocycles. The summed E-state index contributed by atoms with van der Waals surface area (Å²) in [5, 5.41) is 3.97. The molecule has 2 aromatic rings. The van der Waals surface area contributed by atoms with Crippen LogP contribution in [0.25, 0.3) is 0 Å². The van der Waals surface area contributed by atoms with Crippen molar-refractivity contribution in [3.05, 3.63) is 11.7 Å². The van der Waals surface area contributed by atoms with E-state index in [9.17, 15) is 0 Å². The number of hydrogen-bond acceptors (Lipinski definition) is 9. The van der Waals surface area contributed by atoms with Crippen LogP contribution in [0.2, 0.25) is 0 Å². The minimum absolute atomic E-state index is 0.150. The summed E-state index contributed by atoms with van der Waals surface area (Å²) in [5.41, 5.74) is -0.150. The highest BCUT2D eigenvalue weighted by Gasteiger charge is 2.23. The van der Waals surface area contributed by atoms with Gasteiger partial charge in [0.05, 0.1) is 24.9 Å². The second kappa shape index (κ2) is 6.17. The molecule has 0 spiro atoms. The Bertz CT molecular complexity index is 615. The molecule has 0 aromatic carbocycles. The van der Waals surface area contributed by atoms with Crippen molar-refractivity contribution >= 4 is 17.5 Å². The highest BCUT2D eigenvalue weighted by Crippen LogP contribution is 2.27. The summed E-state index contributed by atoms with van der Waals surface area (Å²) >= 11 is 1.13. The van der Waals surface area contributed by atoms with Gasteiger partial charge >= 0.3 is 0 Å². The molecule has 0 atom stereocenters. The van der Waals surface area contributed by atoms with Crippen LogP contribution in [-0.4, -0.2) is 45.2 Å². The molecule has 8 nitrogen and oxygen atoms in total. The van der Waals surface area contributed by atoms with E-state index in [1.807, 2.05) is 20.8 Å².